The van der Waals surface area contributed by atoms with Crippen molar-refractivity contribution >= 4 is 27.8 Å². The van der Waals surface area contributed by atoms with Crippen molar-refractivity contribution < 1.29 is 0 Å². The summed E-state index contributed by atoms with van der Waals surface area (Å²) in [5.41, 5.74) is 8.91. The molecule has 0 radical (unpaired) electrons. The molecular weight excluding hydrogens is 274 g/mol. The molecule has 0 aliphatic carbocycles. The van der Waals surface area contributed by atoms with Crippen molar-refractivity contribution in [1.82, 2.24) is 19.7 Å². The fourth-order valence-corrected chi connectivity index (χ4v) is 2.89. The molecule has 5 nitrogen and oxygen atoms in total. The lowest BCUT2D eigenvalue weighted by Gasteiger charge is -2.10. The average molecular weight is 297 g/mol. The lowest BCUT2D eigenvalue weighted by atomic mass is 10.0. The van der Waals surface area contributed by atoms with Gasteiger partial charge in [-0.3, -0.25) is 4.68 Å². The van der Waals surface area contributed by atoms with E-state index >= 15 is 0 Å². The molecule has 0 aliphatic rings. The van der Waals surface area contributed by atoms with Crippen LogP contribution in [0.25, 0.3) is 21.9 Å². The Kier molecular flexibility index (Phi) is 3.96. The van der Waals surface area contributed by atoms with Gasteiger partial charge in [-0.1, -0.05) is 27.2 Å². The Balaban J connectivity index is 2.32. The third kappa shape index (κ3) is 2.51. The van der Waals surface area contributed by atoms with Gasteiger partial charge >= 0.3 is 0 Å². The first-order valence-electron chi connectivity index (χ1n) is 8.01. The fraction of sp³-hybridized carbons (Fsp3) is 0.471. The van der Waals surface area contributed by atoms with Gasteiger partial charge in [0.1, 0.15) is 5.52 Å². The Labute approximate surface area is 130 Å². The molecule has 0 aliphatic heterocycles. The Hall–Kier alpha value is -2.17. The molecule has 0 saturated heterocycles. The topological polar surface area (TPSA) is 69.6 Å². The van der Waals surface area contributed by atoms with E-state index in [1.54, 1.807) is 6.20 Å². The highest BCUT2D eigenvalue weighted by Gasteiger charge is 2.18. The monoisotopic (exact) mass is 297 g/mol. The summed E-state index contributed by atoms with van der Waals surface area (Å²) in [5, 5.41) is 6.93. The molecule has 3 aromatic heterocycles. The third-order valence-electron chi connectivity index (χ3n) is 3.91. The minimum Gasteiger partial charge on any atom is -0.382 e. The number of aryl methyl sites for hydroxylation is 1. The van der Waals surface area contributed by atoms with Crippen LogP contribution in [0.3, 0.4) is 0 Å². The number of pyridine rings is 2. The number of hydrogen-bond acceptors (Lipinski definition) is 4. The van der Waals surface area contributed by atoms with Crippen LogP contribution < -0.4 is 5.73 Å². The van der Waals surface area contributed by atoms with Crippen LogP contribution in [0.15, 0.2) is 18.3 Å². The van der Waals surface area contributed by atoms with E-state index in [0.29, 0.717) is 17.4 Å². The van der Waals surface area contributed by atoms with Crippen LogP contribution in [0.5, 0.6) is 0 Å². The number of nitrogens with two attached hydrogens (primary N) is 1. The number of anilines is 1. The molecule has 3 aromatic rings. The molecule has 2 N–H and O–H groups in total. The maximum atomic E-state index is 6.14. The van der Waals surface area contributed by atoms with Gasteiger partial charge in [0.15, 0.2) is 11.5 Å². The van der Waals surface area contributed by atoms with Gasteiger partial charge in [-0.2, -0.15) is 5.10 Å². The standard InChI is InChI=1S/C17H23N5/c1-4-5-9-22-13(10-11(2)3)14-12-7-6-8-19-17(12)20-16(18)15(14)21-22/h6-8,11H,4-5,9-10H2,1-3H3,(H2,18,19,20). The van der Waals surface area contributed by atoms with Crippen molar-refractivity contribution in [3.8, 4) is 0 Å². The first-order chi connectivity index (χ1) is 10.6. The largest absolute Gasteiger partial charge is 0.382 e. The lowest BCUT2D eigenvalue weighted by Crippen LogP contribution is -2.07. The Bertz CT molecular complexity index is 804. The molecule has 116 valence electrons. The fourth-order valence-electron chi connectivity index (χ4n) is 2.89. The SMILES string of the molecule is CCCCn1nc2c(N)nc3ncccc3c2c1CC(C)C. The molecular formula is C17H23N5. The zero-order chi connectivity index (χ0) is 15.7. The highest BCUT2D eigenvalue weighted by molar-refractivity contribution is 6.08. The Morgan fingerprint density at radius 3 is 2.86 bits per heavy atom. The predicted molar refractivity (Wildman–Crippen MR) is 90.7 cm³/mol. The number of rotatable bonds is 5. The number of fused-ring (bicyclic) bond motifs is 3. The van der Waals surface area contributed by atoms with Crippen LogP contribution >= 0.6 is 0 Å². The minimum atomic E-state index is 0.474. The summed E-state index contributed by atoms with van der Waals surface area (Å²) in [6, 6.07) is 4.01. The lowest BCUT2D eigenvalue weighted by molar-refractivity contribution is 0.526. The zero-order valence-electron chi connectivity index (χ0n) is 13.5. The van der Waals surface area contributed by atoms with Crippen molar-refractivity contribution in [1.29, 1.82) is 0 Å². The molecule has 0 atom stereocenters. The summed E-state index contributed by atoms with van der Waals surface area (Å²) in [7, 11) is 0. The van der Waals surface area contributed by atoms with Crippen LogP contribution in [0.4, 0.5) is 5.82 Å². The van der Waals surface area contributed by atoms with Crippen molar-refractivity contribution in [2.24, 2.45) is 5.92 Å². The van der Waals surface area contributed by atoms with Gasteiger partial charge in [-0.05, 0) is 30.9 Å². The van der Waals surface area contributed by atoms with Gasteiger partial charge in [-0.15, -0.1) is 0 Å². The Morgan fingerprint density at radius 2 is 2.14 bits per heavy atom. The highest BCUT2D eigenvalue weighted by Crippen LogP contribution is 2.31. The maximum absolute atomic E-state index is 6.14. The van der Waals surface area contributed by atoms with Gasteiger partial charge < -0.3 is 5.73 Å². The summed E-state index contributed by atoms with van der Waals surface area (Å²) >= 11 is 0. The highest BCUT2D eigenvalue weighted by atomic mass is 15.3. The molecule has 0 bridgehead atoms. The van der Waals surface area contributed by atoms with E-state index in [4.69, 9.17) is 10.8 Å². The molecule has 0 spiro atoms. The molecule has 0 saturated carbocycles. The number of nitrogen functional groups attached to an aromatic ring is 1. The predicted octanol–water partition coefficient (Wildman–Crippen LogP) is 3.56. The van der Waals surface area contributed by atoms with Gasteiger partial charge in [-0.25, -0.2) is 9.97 Å². The second-order valence-electron chi connectivity index (χ2n) is 6.22. The minimum absolute atomic E-state index is 0.474. The van der Waals surface area contributed by atoms with E-state index in [9.17, 15) is 0 Å². The van der Waals surface area contributed by atoms with Gasteiger partial charge in [0, 0.05) is 29.2 Å². The van der Waals surface area contributed by atoms with E-state index in [0.717, 1.165) is 42.1 Å². The second-order valence-corrected chi connectivity index (χ2v) is 6.22. The van der Waals surface area contributed by atoms with Crippen LogP contribution in [-0.4, -0.2) is 19.7 Å². The molecule has 3 heterocycles. The van der Waals surface area contributed by atoms with Crippen LogP contribution in [-0.2, 0) is 13.0 Å². The average Bonchev–Trinajstić information content (AvgIpc) is 2.84. The molecule has 0 fully saturated rings. The normalized spacial score (nSPS) is 11.8. The van der Waals surface area contributed by atoms with E-state index in [-0.39, 0.29) is 0 Å². The zero-order valence-corrected chi connectivity index (χ0v) is 13.5. The smallest absolute Gasteiger partial charge is 0.162 e. The summed E-state index contributed by atoms with van der Waals surface area (Å²) in [6.45, 7) is 7.58. The number of hydrogen-bond donors (Lipinski definition) is 1. The van der Waals surface area contributed by atoms with Crippen molar-refractivity contribution in [2.75, 3.05) is 5.73 Å². The van der Waals surface area contributed by atoms with Crippen molar-refractivity contribution in [2.45, 2.75) is 46.6 Å². The first kappa shape index (κ1) is 14.8. The van der Waals surface area contributed by atoms with Crippen LogP contribution in [0.2, 0.25) is 0 Å². The first-order valence-corrected chi connectivity index (χ1v) is 8.01. The Morgan fingerprint density at radius 1 is 1.32 bits per heavy atom. The number of unbranched alkanes of at least 4 members (excludes halogenated alkanes) is 1. The van der Waals surface area contributed by atoms with E-state index in [1.807, 2.05) is 6.07 Å². The molecule has 0 unspecified atom stereocenters. The van der Waals surface area contributed by atoms with Gasteiger partial charge in [0.25, 0.3) is 0 Å². The summed E-state index contributed by atoms with van der Waals surface area (Å²) < 4.78 is 2.12. The van der Waals surface area contributed by atoms with E-state index in [1.165, 1.54) is 5.69 Å². The van der Waals surface area contributed by atoms with Crippen molar-refractivity contribution in [3.05, 3.63) is 24.0 Å². The molecule has 3 rings (SSSR count). The van der Waals surface area contributed by atoms with Crippen LogP contribution in [0.1, 0.15) is 39.3 Å². The summed E-state index contributed by atoms with van der Waals surface area (Å²) in [4.78, 5) is 8.76. The molecule has 5 heteroatoms. The maximum Gasteiger partial charge on any atom is 0.162 e. The molecule has 22 heavy (non-hydrogen) atoms. The van der Waals surface area contributed by atoms with Gasteiger partial charge in [0.05, 0.1) is 0 Å². The number of nitrogens with zero attached hydrogens (tertiary/aromatic N) is 4. The van der Waals surface area contributed by atoms with Crippen molar-refractivity contribution in [3.63, 3.8) is 0 Å². The van der Waals surface area contributed by atoms with Gasteiger partial charge in [0.2, 0.25) is 0 Å². The quantitative estimate of drug-likeness (QED) is 0.781. The second kappa shape index (κ2) is 5.91. The molecule has 0 aromatic carbocycles. The third-order valence-corrected chi connectivity index (χ3v) is 3.91. The summed E-state index contributed by atoms with van der Waals surface area (Å²) in [5.74, 6) is 1.03. The van der Waals surface area contributed by atoms with Crippen LogP contribution in [0, 0.1) is 5.92 Å². The molecule has 0 amide bonds. The van der Waals surface area contributed by atoms with E-state index < -0.39 is 0 Å². The summed E-state index contributed by atoms with van der Waals surface area (Å²) in [6.07, 6.45) is 4.99. The number of aromatic nitrogens is 4. The van der Waals surface area contributed by atoms with E-state index in [2.05, 4.69) is 41.5 Å².